The number of thiophene rings is 2. The molecule has 26 heavy (non-hydrogen) atoms. The van der Waals surface area contributed by atoms with E-state index >= 15 is 0 Å². The number of hydrogen-bond donors (Lipinski definition) is 0. The van der Waals surface area contributed by atoms with Crippen LogP contribution in [0, 0.1) is 13.8 Å². The Morgan fingerprint density at radius 1 is 1.19 bits per heavy atom. The van der Waals surface area contributed by atoms with E-state index in [0.29, 0.717) is 15.8 Å². The zero-order valence-corrected chi connectivity index (χ0v) is 16.1. The maximum Gasteiger partial charge on any atom is 0.262 e. The van der Waals surface area contributed by atoms with E-state index in [1.165, 1.54) is 27.1 Å². The standard InChI is InChI=1S/C19H17N3O2S2/c1-12-8-16(13(2)22(12)9-14-4-3-6-25-14)17(23)10-21-11-20-18-15(19(21)24)5-7-26-18/h3-8,11H,9-10H2,1-2H3. The Hall–Kier alpha value is -2.51. The van der Waals surface area contributed by atoms with E-state index in [-0.39, 0.29) is 17.9 Å². The molecule has 0 radical (unpaired) electrons. The third-order valence-corrected chi connectivity index (χ3v) is 6.21. The predicted molar refractivity (Wildman–Crippen MR) is 106 cm³/mol. The van der Waals surface area contributed by atoms with E-state index in [2.05, 4.69) is 21.0 Å². The van der Waals surface area contributed by atoms with Crippen LogP contribution in [0.1, 0.15) is 26.6 Å². The van der Waals surface area contributed by atoms with Crippen molar-refractivity contribution in [3.8, 4) is 0 Å². The van der Waals surface area contributed by atoms with Gasteiger partial charge in [-0.3, -0.25) is 14.2 Å². The van der Waals surface area contributed by atoms with Crippen molar-refractivity contribution >= 4 is 38.7 Å². The van der Waals surface area contributed by atoms with Gasteiger partial charge in [0.1, 0.15) is 4.83 Å². The third kappa shape index (κ3) is 2.93. The number of aromatic nitrogens is 3. The zero-order chi connectivity index (χ0) is 18.3. The molecule has 4 aromatic rings. The first-order valence-corrected chi connectivity index (χ1v) is 9.95. The SMILES string of the molecule is Cc1cc(C(=O)Cn2cnc3sccc3c2=O)c(C)n1Cc1cccs1. The van der Waals surface area contributed by atoms with E-state index in [9.17, 15) is 9.59 Å². The Morgan fingerprint density at radius 2 is 2.04 bits per heavy atom. The number of carbonyl (C=O) groups excluding carboxylic acids is 1. The number of ketones is 1. The fourth-order valence-corrected chi connectivity index (χ4v) is 4.55. The van der Waals surface area contributed by atoms with E-state index in [4.69, 9.17) is 0 Å². The molecule has 0 spiro atoms. The Morgan fingerprint density at radius 3 is 2.81 bits per heavy atom. The van der Waals surface area contributed by atoms with Gasteiger partial charge in [0.2, 0.25) is 0 Å². The van der Waals surface area contributed by atoms with Gasteiger partial charge in [-0.1, -0.05) is 6.07 Å². The van der Waals surface area contributed by atoms with Gasteiger partial charge < -0.3 is 4.57 Å². The number of nitrogens with zero attached hydrogens (tertiary/aromatic N) is 3. The highest BCUT2D eigenvalue weighted by Gasteiger charge is 2.17. The number of carbonyl (C=O) groups is 1. The maximum atomic E-state index is 12.8. The number of fused-ring (bicyclic) bond motifs is 1. The van der Waals surface area contributed by atoms with Gasteiger partial charge in [0, 0.05) is 21.8 Å². The van der Waals surface area contributed by atoms with Crippen LogP contribution in [-0.4, -0.2) is 19.9 Å². The van der Waals surface area contributed by atoms with Gasteiger partial charge in [0.15, 0.2) is 5.78 Å². The minimum Gasteiger partial charge on any atom is -0.343 e. The summed E-state index contributed by atoms with van der Waals surface area (Å²) in [6, 6.07) is 7.78. The summed E-state index contributed by atoms with van der Waals surface area (Å²) < 4.78 is 3.53. The van der Waals surface area contributed by atoms with Crippen LogP contribution in [0.25, 0.3) is 10.2 Å². The van der Waals surface area contributed by atoms with Crippen molar-refractivity contribution < 1.29 is 4.79 Å². The molecular formula is C19H17N3O2S2. The second-order valence-corrected chi connectivity index (χ2v) is 8.12. The second-order valence-electron chi connectivity index (χ2n) is 6.19. The molecule has 0 amide bonds. The largest absolute Gasteiger partial charge is 0.343 e. The second kappa shape index (κ2) is 6.66. The summed E-state index contributed by atoms with van der Waals surface area (Å²) in [7, 11) is 0. The molecular weight excluding hydrogens is 366 g/mol. The first-order valence-electron chi connectivity index (χ1n) is 8.19. The van der Waals surface area contributed by atoms with Gasteiger partial charge in [-0.25, -0.2) is 4.98 Å². The van der Waals surface area contributed by atoms with Crippen LogP contribution in [0.2, 0.25) is 0 Å². The highest BCUT2D eigenvalue weighted by atomic mass is 32.1. The van der Waals surface area contributed by atoms with Crippen LogP contribution >= 0.6 is 22.7 Å². The molecule has 0 fully saturated rings. The third-order valence-electron chi connectivity index (χ3n) is 4.53. The average Bonchev–Trinajstić information content (AvgIpc) is 3.35. The van der Waals surface area contributed by atoms with Crippen LogP contribution in [-0.2, 0) is 13.1 Å². The normalized spacial score (nSPS) is 11.3. The van der Waals surface area contributed by atoms with Crippen LogP contribution < -0.4 is 5.56 Å². The maximum absolute atomic E-state index is 12.8. The van der Waals surface area contributed by atoms with E-state index in [1.54, 1.807) is 17.4 Å². The van der Waals surface area contributed by atoms with Crippen LogP contribution in [0.15, 0.2) is 46.1 Å². The molecule has 0 aliphatic heterocycles. The highest BCUT2D eigenvalue weighted by Crippen LogP contribution is 2.20. The van der Waals surface area contributed by atoms with Crippen molar-refractivity contribution in [2.45, 2.75) is 26.9 Å². The Balaban J connectivity index is 1.64. The minimum absolute atomic E-state index is 0.000908. The summed E-state index contributed by atoms with van der Waals surface area (Å²) in [5.74, 6) is -0.0750. The van der Waals surface area contributed by atoms with Gasteiger partial charge in [-0.05, 0) is 42.8 Å². The Bertz CT molecular complexity index is 1150. The summed E-state index contributed by atoms with van der Waals surface area (Å²) >= 11 is 3.12. The van der Waals surface area contributed by atoms with Crippen LogP contribution in [0.5, 0.6) is 0 Å². The summed E-state index contributed by atoms with van der Waals surface area (Å²) in [5, 5.41) is 4.45. The lowest BCUT2D eigenvalue weighted by atomic mass is 10.1. The van der Waals surface area contributed by atoms with Gasteiger partial charge in [0.25, 0.3) is 5.56 Å². The van der Waals surface area contributed by atoms with E-state index < -0.39 is 0 Å². The van der Waals surface area contributed by atoms with E-state index in [0.717, 1.165) is 17.9 Å². The first-order chi connectivity index (χ1) is 12.5. The fourth-order valence-electron chi connectivity index (χ4n) is 3.13. The molecule has 0 atom stereocenters. The van der Waals surface area contributed by atoms with Crippen molar-refractivity contribution in [2.75, 3.05) is 0 Å². The molecule has 7 heteroatoms. The molecule has 4 heterocycles. The van der Waals surface area contributed by atoms with Gasteiger partial charge >= 0.3 is 0 Å². The Labute approximate surface area is 158 Å². The lowest BCUT2D eigenvalue weighted by molar-refractivity contribution is 0.0970. The minimum atomic E-state index is -0.169. The first kappa shape index (κ1) is 16.9. The van der Waals surface area contributed by atoms with Crippen molar-refractivity contribution in [3.05, 3.63) is 73.5 Å². The predicted octanol–water partition coefficient (Wildman–Crippen LogP) is 3.87. The van der Waals surface area contributed by atoms with E-state index in [1.807, 2.05) is 31.4 Å². The van der Waals surface area contributed by atoms with Crippen LogP contribution in [0.3, 0.4) is 0 Å². The van der Waals surface area contributed by atoms with Crippen molar-refractivity contribution in [3.63, 3.8) is 0 Å². The zero-order valence-electron chi connectivity index (χ0n) is 14.4. The molecule has 4 aromatic heterocycles. The molecule has 5 nitrogen and oxygen atoms in total. The smallest absolute Gasteiger partial charge is 0.262 e. The van der Waals surface area contributed by atoms with Gasteiger partial charge in [0.05, 0.1) is 24.8 Å². The van der Waals surface area contributed by atoms with Crippen molar-refractivity contribution in [2.24, 2.45) is 0 Å². The molecule has 0 unspecified atom stereocenters. The fraction of sp³-hybridized carbons (Fsp3) is 0.211. The van der Waals surface area contributed by atoms with Crippen molar-refractivity contribution in [1.82, 2.24) is 14.1 Å². The molecule has 0 aromatic carbocycles. The summed E-state index contributed by atoms with van der Waals surface area (Å²) in [4.78, 5) is 31.5. The summed E-state index contributed by atoms with van der Waals surface area (Å²) in [6.07, 6.45) is 1.46. The lowest BCUT2D eigenvalue weighted by Gasteiger charge is -2.09. The molecule has 0 saturated heterocycles. The summed E-state index contributed by atoms with van der Waals surface area (Å²) in [5.41, 5.74) is 2.46. The van der Waals surface area contributed by atoms with Crippen molar-refractivity contribution in [1.29, 1.82) is 0 Å². The summed E-state index contributed by atoms with van der Waals surface area (Å²) in [6.45, 7) is 4.71. The number of rotatable bonds is 5. The van der Waals surface area contributed by atoms with Gasteiger partial charge in [-0.2, -0.15) is 0 Å². The quantitative estimate of drug-likeness (QED) is 0.492. The molecule has 0 aliphatic carbocycles. The Kier molecular flexibility index (Phi) is 4.34. The number of Topliss-reactive ketones (excluding diaryl/α,β-unsaturated/α-hetero) is 1. The highest BCUT2D eigenvalue weighted by molar-refractivity contribution is 7.16. The molecule has 4 rings (SSSR count). The topological polar surface area (TPSA) is 56.9 Å². The molecule has 0 saturated carbocycles. The molecule has 0 bridgehead atoms. The average molecular weight is 383 g/mol. The molecule has 132 valence electrons. The lowest BCUT2D eigenvalue weighted by Crippen LogP contribution is -2.24. The van der Waals surface area contributed by atoms with Gasteiger partial charge in [-0.15, -0.1) is 22.7 Å². The monoisotopic (exact) mass is 383 g/mol. The molecule has 0 N–H and O–H groups in total. The number of hydrogen-bond acceptors (Lipinski definition) is 5. The number of aryl methyl sites for hydroxylation is 1. The molecule has 0 aliphatic rings. The van der Waals surface area contributed by atoms with Crippen LogP contribution in [0.4, 0.5) is 0 Å².